The van der Waals surface area contributed by atoms with Gasteiger partial charge < -0.3 is 4.74 Å². The SMILES string of the molecule is Fc1ccccc1OC[C@H]1CCCN(Cc2ccncc2)C1. The molecule has 2 aromatic rings. The Hall–Kier alpha value is -1.94. The maximum Gasteiger partial charge on any atom is 0.165 e. The summed E-state index contributed by atoms with van der Waals surface area (Å²) < 4.78 is 19.2. The monoisotopic (exact) mass is 300 g/mol. The van der Waals surface area contributed by atoms with E-state index >= 15 is 0 Å². The molecule has 0 N–H and O–H groups in total. The number of benzene rings is 1. The van der Waals surface area contributed by atoms with Crippen LogP contribution in [0.3, 0.4) is 0 Å². The van der Waals surface area contributed by atoms with Crippen molar-refractivity contribution in [1.82, 2.24) is 9.88 Å². The van der Waals surface area contributed by atoms with E-state index in [1.807, 2.05) is 12.4 Å². The van der Waals surface area contributed by atoms with Crippen molar-refractivity contribution >= 4 is 0 Å². The molecule has 0 bridgehead atoms. The molecular formula is C18H21FN2O. The van der Waals surface area contributed by atoms with Gasteiger partial charge in [0.15, 0.2) is 11.6 Å². The maximum absolute atomic E-state index is 13.6. The van der Waals surface area contributed by atoms with Crippen LogP contribution in [0.15, 0.2) is 48.8 Å². The molecule has 0 radical (unpaired) electrons. The molecule has 22 heavy (non-hydrogen) atoms. The summed E-state index contributed by atoms with van der Waals surface area (Å²) in [5.41, 5.74) is 1.28. The van der Waals surface area contributed by atoms with Gasteiger partial charge in [-0.1, -0.05) is 12.1 Å². The van der Waals surface area contributed by atoms with Crippen LogP contribution in [0.2, 0.25) is 0 Å². The van der Waals surface area contributed by atoms with Gasteiger partial charge in [-0.05, 0) is 49.2 Å². The molecule has 116 valence electrons. The van der Waals surface area contributed by atoms with Gasteiger partial charge in [0.05, 0.1) is 6.61 Å². The van der Waals surface area contributed by atoms with E-state index in [4.69, 9.17) is 4.74 Å². The van der Waals surface area contributed by atoms with Crippen molar-refractivity contribution in [1.29, 1.82) is 0 Å². The van der Waals surface area contributed by atoms with Crippen molar-refractivity contribution in [2.75, 3.05) is 19.7 Å². The molecule has 3 rings (SSSR count). The Labute approximate surface area is 130 Å². The Morgan fingerprint density at radius 2 is 2.00 bits per heavy atom. The highest BCUT2D eigenvalue weighted by Gasteiger charge is 2.20. The molecule has 4 heteroatoms. The van der Waals surface area contributed by atoms with Gasteiger partial charge in [0.1, 0.15) is 0 Å². The number of rotatable bonds is 5. The van der Waals surface area contributed by atoms with Crippen molar-refractivity contribution in [3.8, 4) is 5.75 Å². The first-order valence-corrected chi connectivity index (χ1v) is 7.80. The third-order valence-electron chi connectivity index (χ3n) is 4.07. The number of ether oxygens (including phenoxy) is 1. The van der Waals surface area contributed by atoms with E-state index in [0.29, 0.717) is 18.3 Å². The van der Waals surface area contributed by atoms with Crippen LogP contribution >= 0.6 is 0 Å². The number of nitrogens with zero attached hydrogens (tertiary/aromatic N) is 2. The zero-order chi connectivity index (χ0) is 15.2. The molecule has 1 fully saturated rings. The van der Waals surface area contributed by atoms with Gasteiger partial charge in [0.2, 0.25) is 0 Å². The van der Waals surface area contributed by atoms with E-state index < -0.39 is 0 Å². The fourth-order valence-corrected chi connectivity index (χ4v) is 2.95. The lowest BCUT2D eigenvalue weighted by Crippen LogP contribution is -2.37. The smallest absolute Gasteiger partial charge is 0.165 e. The Morgan fingerprint density at radius 1 is 1.18 bits per heavy atom. The standard InChI is InChI=1S/C18H21FN2O/c19-17-5-1-2-6-18(17)22-14-16-4-3-11-21(13-16)12-15-7-9-20-10-8-15/h1-2,5-10,16H,3-4,11-14H2/t16-/m0/s1. The summed E-state index contributed by atoms with van der Waals surface area (Å²) in [6, 6.07) is 10.7. The summed E-state index contributed by atoms with van der Waals surface area (Å²) in [6.45, 7) is 3.63. The molecule has 0 aliphatic carbocycles. The molecule has 1 aliphatic heterocycles. The van der Waals surface area contributed by atoms with Gasteiger partial charge in [-0.25, -0.2) is 4.39 Å². The van der Waals surface area contributed by atoms with E-state index in [0.717, 1.165) is 32.5 Å². The van der Waals surface area contributed by atoms with Crippen LogP contribution < -0.4 is 4.74 Å². The highest BCUT2D eigenvalue weighted by atomic mass is 19.1. The Morgan fingerprint density at radius 3 is 2.82 bits per heavy atom. The van der Waals surface area contributed by atoms with Crippen LogP contribution in [0, 0.1) is 11.7 Å². The molecule has 2 heterocycles. The van der Waals surface area contributed by atoms with Gasteiger partial charge in [-0.3, -0.25) is 9.88 Å². The summed E-state index contributed by atoms with van der Waals surface area (Å²) in [5.74, 6) is 0.524. The Bertz CT molecular complexity index is 591. The summed E-state index contributed by atoms with van der Waals surface area (Å²) in [6.07, 6.45) is 5.97. The molecule has 0 unspecified atom stereocenters. The van der Waals surface area contributed by atoms with E-state index in [9.17, 15) is 4.39 Å². The second-order valence-corrected chi connectivity index (χ2v) is 5.84. The molecule has 0 saturated carbocycles. The average Bonchev–Trinajstić information content (AvgIpc) is 2.55. The number of para-hydroxylation sites is 1. The Balaban J connectivity index is 1.51. The second kappa shape index (κ2) is 7.36. The predicted molar refractivity (Wildman–Crippen MR) is 84.1 cm³/mol. The van der Waals surface area contributed by atoms with Crippen LogP contribution in [-0.4, -0.2) is 29.6 Å². The number of likely N-dealkylation sites (tertiary alicyclic amines) is 1. The first-order chi connectivity index (χ1) is 10.8. The quantitative estimate of drug-likeness (QED) is 0.845. The molecule has 3 nitrogen and oxygen atoms in total. The second-order valence-electron chi connectivity index (χ2n) is 5.84. The zero-order valence-corrected chi connectivity index (χ0v) is 12.6. The first kappa shape index (κ1) is 15.0. The third-order valence-corrected chi connectivity index (χ3v) is 4.07. The minimum absolute atomic E-state index is 0.285. The summed E-state index contributed by atoms with van der Waals surface area (Å²) in [7, 11) is 0. The van der Waals surface area contributed by atoms with Gasteiger partial charge in [-0.15, -0.1) is 0 Å². The molecular weight excluding hydrogens is 279 g/mol. The van der Waals surface area contributed by atoms with Crippen LogP contribution in [0.5, 0.6) is 5.75 Å². The van der Waals surface area contributed by atoms with Crippen molar-refractivity contribution in [2.45, 2.75) is 19.4 Å². The number of halogens is 1. The Kier molecular flexibility index (Phi) is 5.01. The van der Waals surface area contributed by atoms with E-state index in [-0.39, 0.29) is 5.82 Å². The number of hydrogen-bond donors (Lipinski definition) is 0. The highest BCUT2D eigenvalue weighted by Crippen LogP contribution is 2.21. The van der Waals surface area contributed by atoms with E-state index in [1.165, 1.54) is 11.6 Å². The lowest BCUT2D eigenvalue weighted by atomic mass is 9.98. The molecule has 1 aromatic heterocycles. The minimum Gasteiger partial charge on any atom is -0.490 e. The van der Waals surface area contributed by atoms with Crippen molar-refractivity contribution in [3.05, 3.63) is 60.2 Å². The molecule has 1 saturated heterocycles. The van der Waals surface area contributed by atoms with Crippen molar-refractivity contribution < 1.29 is 9.13 Å². The number of pyridine rings is 1. The molecule has 1 aromatic carbocycles. The lowest BCUT2D eigenvalue weighted by Gasteiger charge is -2.32. The number of hydrogen-bond acceptors (Lipinski definition) is 3. The van der Waals surface area contributed by atoms with Gasteiger partial charge in [0.25, 0.3) is 0 Å². The van der Waals surface area contributed by atoms with Crippen molar-refractivity contribution in [3.63, 3.8) is 0 Å². The van der Waals surface area contributed by atoms with Gasteiger partial charge in [0, 0.05) is 31.4 Å². The fraction of sp³-hybridized carbons (Fsp3) is 0.389. The third kappa shape index (κ3) is 4.04. The minimum atomic E-state index is -0.285. The largest absolute Gasteiger partial charge is 0.490 e. The van der Waals surface area contributed by atoms with Crippen LogP contribution in [0.1, 0.15) is 18.4 Å². The topological polar surface area (TPSA) is 25.4 Å². The molecule has 1 aliphatic rings. The zero-order valence-electron chi connectivity index (χ0n) is 12.6. The van der Waals surface area contributed by atoms with Crippen LogP contribution in [-0.2, 0) is 6.54 Å². The summed E-state index contributed by atoms with van der Waals surface area (Å²) in [4.78, 5) is 6.49. The highest BCUT2D eigenvalue weighted by molar-refractivity contribution is 5.23. The molecule has 0 amide bonds. The lowest BCUT2D eigenvalue weighted by molar-refractivity contribution is 0.123. The number of piperidine rings is 1. The first-order valence-electron chi connectivity index (χ1n) is 7.80. The fourth-order valence-electron chi connectivity index (χ4n) is 2.95. The molecule has 0 spiro atoms. The van der Waals surface area contributed by atoms with Crippen LogP contribution in [0.4, 0.5) is 4.39 Å². The van der Waals surface area contributed by atoms with E-state index in [1.54, 1.807) is 18.2 Å². The normalized spacial score (nSPS) is 19.0. The van der Waals surface area contributed by atoms with Gasteiger partial charge >= 0.3 is 0 Å². The van der Waals surface area contributed by atoms with Crippen LogP contribution in [0.25, 0.3) is 0 Å². The maximum atomic E-state index is 13.6. The van der Waals surface area contributed by atoms with Gasteiger partial charge in [-0.2, -0.15) is 0 Å². The summed E-state index contributed by atoms with van der Waals surface area (Å²) in [5, 5.41) is 0. The van der Waals surface area contributed by atoms with Crippen molar-refractivity contribution in [2.24, 2.45) is 5.92 Å². The summed E-state index contributed by atoms with van der Waals surface area (Å²) >= 11 is 0. The van der Waals surface area contributed by atoms with E-state index in [2.05, 4.69) is 22.0 Å². The number of aromatic nitrogens is 1. The average molecular weight is 300 g/mol. The predicted octanol–water partition coefficient (Wildman–Crippen LogP) is 3.51. The molecule has 1 atom stereocenters.